The van der Waals surface area contributed by atoms with Gasteiger partial charge < -0.3 is 24.8 Å². The molecule has 0 aliphatic carbocycles. The van der Waals surface area contributed by atoms with Crippen molar-refractivity contribution >= 4 is 5.82 Å². The zero-order chi connectivity index (χ0) is 22.9. The number of pyridine rings is 1. The highest BCUT2D eigenvalue weighted by Crippen LogP contribution is 2.20. The molecule has 1 unspecified atom stereocenters. The first-order valence-corrected chi connectivity index (χ1v) is 11.6. The van der Waals surface area contributed by atoms with Gasteiger partial charge in [0.2, 0.25) is 0 Å². The summed E-state index contributed by atoms with van der Waals surface area (Å²) in [6.07, 6.45) is 3.43. The summed E-state index contributed by atoms with van der Waals surface area (Å²) in [5.41, 5.74) is 2.31. The predicted molar refractivity (Wildman–Crippen MR) is 131 cm³/mol. The van der Waals surface area contributed by atoms with Crippen LogP contribution < -0.4 is 19.7 Å². The van der Waals surface area contributed by atoms with Gasteiger partial charge in [-0.15, -0.1) is 0 Å². The predicted octanol–water partition coefficient (Wildman–Crippen LogP) is 3.97. The topological polar surface area (TPSA) is 66.9 Å². The van der Waals surface area contributed by atoms with Crippen molar-refractivity contribution in [2.24, 2.45) is 0 Å². The summed E-state index contributed by atoms with van der Waals surface area (Å²) in [6.45, 7) is 5.30. The number of ether oxygens (including phenoxy) is 2. The van der Waals surface area contributed by atoms with Crippen LogP contribution in [-0.4, -0.2) is 48.5 Å². The van der Waals surface area contributed by atoms with E-state index in [1.54, 1.807) is 0 Å². The third kappa shape index (κ3) is 7.20. The van der Waals surface area contributed by atoms with Crippen LogP contribution in [0.1, 0.15) is 24.0 Å². The molecule has 2 aromatic carbocycles. The molecule has 1 atom stereocenters. The van der Waals surface area contributed by atoms with E-state index in [2.05, 4.69) is 34.3 Å². The zero-order valence-electron chi connectivity index (χ0n) is 19.2. The first kappa shape index (κ1) is 23.1. The standard InChI is InChI=1S/C27H33N3O3/c1-21-7-12-27(29-17-21)30-15-13-23(14-16-30)28-18-24(31)20-33-26-10-8-25(9-11-26)32-19-22-5-3-2-4-6-22/h2-12,17,23-24,28,31H,13-16,18-20H2,1H3. The van der Waals surface area contributed by atoms with Crippen LogP contribution in [0, 0.1) is 6.92 Å². The van der Waals surface area contributed by atoms with Crippen LogP contribution in [-0.2, 0) is 6.61 Å². The summed E-state index contributed by atoms with van der Waals surface area (Å²) in [7, 11) is 0. The Kier molecular flexibility index (Phi) is 8.17. The Labute approximate surface area is 196 Å². The number of benzene rings is 2. The number of nitrogens with one attached hydrogen (secondary N) is 1. The van der Waals surface area contributed by atoms with Crippen LogP contribution >= 0.6 is 0 Å². The largest absolute Gasteiger partial charge is 0.491 e. The maximum atomic E-state index is 10.3. The lowest BCUT2D eigenvalue weighted by molar-refractivity contribution is 0.102. The SMILES string of the molecule is Cc1ccc(N2CCC(NCC(O)COc3ccc(OCc4ccccc4)cc3)CC2)nc1. The van der Waals surface area contributed by atoms with Crippen molar-refractivity contribution in [1.82, 2.24) is 10.3 Å². The van der Waals surface area contributed by atoms with Crippen molar-refractivity contribution < 1.29 is 14.6 Å². The van der Waals surface area contributed by atoms with Crippen molar-refractivity contribution in [2.45, 2.75) is 38.5 Å². The van der Waals surface area contributed by atoms with Gasteiger partial charge in [0.05, 0.1) is 0 Å². The van der Waals surface area contributed by atoms with Gasteiger partial charge in [0.1, 0.15) is 36.6 Å². The molecule has 0 bridgehead atoms. The zero-order valence-corrected chi connectivity index (χ0v) is 19.2. The van der Waals surface area contributed by atoms with Crippen molar-refractivity contribution in [3.05, 3.63) is 84.1 Å². The molecule has 3 aromatic rings. The number of aliphatic hydroxyl groups excluding tert-OH is 1. The quantitative estimate of drug-likeness (QED) is 0.490. The van der Waals surface area contributed by atoms with Gasteiger partial charge in [-0.05, 0) is 61.2 Å². The molecule has 33 heavy (non-hydrogen) atoms. The van der Waals surface area contributed by atoms with Gasteiger partial charge in [0, 0.05) is 31.9 Å². The molecular weight excluding hydrogens is 414 g/mol. The molecule has 1 fully saturated rings. The Morgan fingerprint density at radius 1 is 0.970 bits per heavy atom. The van der Waals surface area contributed by atoms with E-state index in [1.165, 1.54) is 5.56 Å². The van der Waals surface area contributed by atoms with Crippen LogP contribution in [0.5, 0.6) is 11.5 Å². The second-order valence-electron chi connectivity index (χ2n) is 8.57. The number of piperidine rings is 1. The van der Waals surface area contributed by atoms with Crippen molar-refractivity contribution in [3.8, 4) is 11.5 Å². The van der Waals surface area contributed by atoms with Gasteiger partial charge in [-0.1, -0.05) is 36.4 Å². The number of aliphatic hydroxyl groups is 1. The van der Waals surface area contributed by atoms with E-state index in [0.29, 0.717) is 19.2 Å². The maximum Gasteiger partial charge on any atom is 0.128 e. The number of anilines is 1. The summed E-state index contributed by atoms with van der Waals surface area (Å²) < 4.78 is 11.5. The summed E-state index contributed by atoms with van der Waals surface area (Å²) in [5, 5.41) is 13.8. The minimum Gasteiger partial charge on any atom is -0.491 e. The molecule has 1 saturated heterocycles. The molecule has 0 amide bonds. The number of aryl methyl sites for hydroxylation is 1. The Bertz CT molecular complexity index is 956. The highest BCUT2D eigenvalue weighted by Gasteiger charge is 2.20. The minimum atomic E-state index is -0.559. The summed E-state index contributed by atoms with van der Waals surface area (Å²) in [4.78, 5) is 6.85. The average Bonchev–Trinajstić information content (AvgIpc) is 2.87. The van der Waals surface area contributed by atoms with Crippen LogP contribution in [0.25, 0.3) is 0 Å². The fourth-order valence-corrected chi connectivity index (χ4v) is 3.89. The molecule has 0 spiro atoms. The second-order valence-corrected chi connectivity index (χ2v) is 8.57. The minimum absolute atomic E-state index is 0.253. The third-order valence-electron chi connectivity index (χ3n) is 5.87. The lowest BCUT2D eigenvalue weighted by Gasteiger charge is -2.33. The van der Waals surface area contributed by atoms with Crippen LogP contribution in [0.3, 0.4) is 0 Å². The smallest absolute Gasteiger partial charge is 0.128 e. The third-order valence-corrected chi connectivity index (χ3v) is 5.87. The van der Waals surface area contributed by atoms with Crippen LogP contribution in [0.4, 0.5) is 5.82 Å². The Morgan fingerprint density at radius 3 is 2.33 bits per heavy atom. The molecule has 6 heteroatoms. The van der Waals surface area contributed by atoms with E-state index in [1.807, 2.05) is 60.8 Å². The van der Waals surface area contributed by atoms with Crippen molar-refractivity contribution in [3.63, 3.8) is 0 Å². The number of aromatic nitrogens is 1. The van der Waals surface area contributed by atoms with E-state index in [9.17, 15) is 5.11 Å². The molecule has 2 heterocycles. The highest BCUT2D eigenvalue weighted by molar-refractivity contribution is 5.39. The second kappa shape index (κ2) is 11.7. The molecule has 1 aliphatic heterocycles. The molecule has 0 saturated carbocycles. The lowest BCUT2D eigenvalue weighted by atomic mass is 10.0. The molecule has 4 rings (SSSR count). The highest BCUT2D eigenvalue weighted by atomic mass is 16.5. The van der Waals surface area contributed by atoms with Gasteiger partial charge in [-0.2, -0.15) is 0 Å². The molecule has 2 N–H and O–H groups in total. The number of hydrogen-bond donors (Lipinski definition) is 2. The fraction of sp³-hybridized carbons (Fsp3) is 0.370. The summed E-state index contributed by atoms with van der Waals surface area (Å²) in [6, 6.07) is 22.2. The normalized spacial score (nSPS) is 15.3. The number of nitrogens with zero attached hydrogens (tertiary/aromatic N) is 2. The molecule has 0 radical (unpaired) electrons. The summed E-state index contributed by atoms with van der Waals surface area (Å²) in [5.74, 6) is 2.56. The van der Waals surface area contributed by atoms with E-state index in [4.69, 9.17) is 9.47 Å². The first-order chi connectivity index (χ1) is 16.2. The van der Waals surface area contributed by atoms with E-state index in [-0.39, 0.29) is 6.61 Å². The number of hydrogen-bond acceptors (Lipinski definition) is 6. The monoisotopic (exact) mass is 447 g/mol. The molecule has 1 aromatic heterocycles. The average molecular weight is 448 g/mol. The van der Waals surface area contributed by atoms with Crippen molar-refractivity contribution in [1.29, 1.82) is 0 Å². The molecule has 1 aliphatic rings. The number of rotatable bonds is 10. The lowest BCUT2D eigenvalue weighted by Crippen LogP contribution is -2.45. The maximum absolute atomic E-state index is 10.3. The van der Waals surface area contributed by atoms with Crippen LogP contribution in [0.15, 0.2) is 72.9 Å². The Morgan fingerprint density at radius 2 is 1.67 bits per heavy atom. The molecular formula is C27H33N3O3. The van der Waals surface area contributed by atoms with Gasteiger partial charge in [-0.25, -0.2) is 4.98 Å². The van der Waals surface area contributed by atoms with Crippen molar-refractivity contribution in [2.75, 3.05) is 31.1 Å². The Balaban J connectivity index is 1.12. The first-order valence-electron chi connectivity index (χ1n) is 11.6. The van der Waals surface area contributed by atoms with Gasteiger partial charge in [-0.3, -0.25) is 0 Å². The van der Waals surface area contributed by atoms with Gasteiger partial charge >= 0.3 is 0 Å². The summed E-state index contributed by atoms with van der Waals surface area (Å²) >= 11 is 0. The fourth-order valence-electron chi connectivity index (χ4n) is 3.89. The van der Waals surface area contributed by atoms with Crippen LogP contribution in [0.2, 0.25) is 0 Å². The van der Waals surface area contributed by atoms with E-state index >= 15 is 0 Å². The van der Waals surface area contributed by atoms with E-state index in [0.717, 1.165) is 48.8 Å². The Hall–Kier alpha value is -3.09. The van der Waals surface area contributed by atoms with E-state index < -0.39 is 6.10 Å². The van der Waals surface area contributed by atoms with Gasteiger partial charge in [0.25, 0.3) is 0 Å². The molecule has 6 nitrogen and oxygen atoms in total. The van der Waals surface area contributed by atoms with Gasteiger partial charge in [0.15, 0.2) is 0 Å². The molecule has 174 valence electrons.